The number of carboxylic acids is 1. The first-order valence-corrected chi connectivity index (χ1v) is 10.0. The number of ether oxygens (including phenoxy) is 1. The van der Waals surface area contributed by atoms with Crippen LogP contribution in [0.2, 0.25) is 0 Å². The molecule has 0 aliphatic heterocycles. The van der Waals surface area contributed by atoms with Gasteiger partial charge in [0.25, 0.3) is 0 Å². The zero-order valence-corrected chi connectivity index (χ0v) is 17.0. The summed E-state index contributed by atoms with van der Waals surface area (Å²) in [5, 5.41) is 11.8. The highest BCUT2D eigenvalue weighted by Gasteiger charge is 2.29. The van der Waals surface area contributed by atoms with E-state index in [9.17, 15) is 14.4 Å². The number of hydrogen-bond donors (Lipinski definition) is 2. The Morgan fingerprint density at radius 2 is 1.60 bits per heavy atom. The number of aliphatic carboxylic acids is 1. The molecular formula is C23H26N2O5. The van der Waals surface area contributed by atoms with Gasteiger partial charge in [-0.1, -0.05) is 48.5 Å². The third-order valence-electron chi connectivity index (χ3n) is 5.15. The highest BCUT2D eigenvalue weighted by Crippen LogP contribution is 2.44. The molecule has 0 atom stereocenters. The number of carbonyl (C=O) groups is 3. The molecule has 3 rings (SSSR count). The Hall–Kier alpha value is -3.35. The number of carboxylic acid groups (broad SMARTS) is 1. The molecule has 7 nitrogen and oxygen atoms in total. The summed E-state index contributed by atoms with van der Waals surface area (Å²) in [6.45, 7) is 1.91. The quantitative estimate of drug-likeness (QED) is 0.619. The summed E-state index contributed by atoms with van der Waals surface area (Å²) in [5.74, 6) is -1.29. The summed E-state index contributed by atoms with van der Waals surface area (Å²) in [4.78, 5) is 35.9. The molecule has 158 valence electrons. The van der Waals surface area contributed by atoms with Crippen LogP contribution in [0.1, 0.15) is 36.8 Å². The van der Waals surface area contributed by atoms with Gasteiger partial charge in [-0.15, -0.1) is 0 Å². The van der Waals surface area contributed by atoms with E-state index in [0.29, 0.717) is 19.4 Å². The predicted molar refractivity (Wildman–Crippen MR) is 112 cm³/mol. The van der Waals surface area contributed by atoms with Gasteiger partial charge in [-0.3, -0.25) is 14.5 Å². The Morgan fingerprint density at radius 3 is 2.17 bits per heavy atom. The molecule has 7 heteroatoms. The molecule has 0 heterocycles. The van der Waals surface area contributed by atoms with Crippen molar-refractivity contribution < 1.29 is 24.2 Å². The molecule has 0 bridgehead atoms. The third kappa shape index (κ3) is 5.17. The van der Waals surface area contributed by atoms with E-state index in [2.05, 4.69) is 17.4 Å². The summed E-state index contributed by atoms with van der Waals surface area (Å²) in [6, 6.07) is 16.1. The van der Waals surface area contributed by atoms with Gasteiger partial charge < -0.3 is 15.2 Å². The Kier molecular flexibility index (Phi) is 7.06. The first-order valence-electron chi connectivity index (χ1n) is 10.0. The van der Waals surface area contributed by atoms with Gasteiger partial charge in [0.15, 0.2) is 0 Å². The summed E-state index contributed by atoms with van der Waals surface area (Å²) in [7, 11) is 0. The number of nitrogens with one attached hydrogen (secondary N) is 1. The van der Waals surface area contributed by atoms with Gasteiger partial charge >= 0.3 is 12.1 Å². The molecule has 0 saturated heterocycles. The number of hydrogen-bond acceptors (Lipinski definition) is 4. The van der Waals surface area contributed by atoms with Crippen LogP contribution in [0.15, 0.2) is 48.5 Å². The molecule has 0 saturated carbocycles. The molecule has 0 spiro atoms. The van der Waals surface area contributed by atoms with Gasteiger partial charge in [0.2, 0.25) is 5.91 Å². The number of unbranched alkanes of at least 4 members (excludes halogenated alkanes) is 1. The van der Waals surface area contributed by atoms with Crippen molar-refractivity contribution in [2.75, 3.05) is 26.2 Å². The maximum absolute atomic E-state index is 12.6. The van der Waals surface area contributed by atoms with Crippen molar-refractivity contribution in [3.05, 3.63) is 59.7 Å². The molecule has 2 aromatic carbocycles. The molecule has 2 aromatic rings. The monoisotopic (exact) mass is 410 g/mol. The Balaban J connectivity index is 1.62. The zero-order valence-electron chi connectivity index (χ0n) is 17.0. The first-order chi connectivity index (χ1) is 14.5. The molecule has 0 fully saturated rings. The second kappa shape index (κ2) is 9.91. The van der Waals surface area contributed by atoms with Crippen molar-refractivity contribution in [3.8, 4) is 11.1 Å². The van der Waals surface area contributed by atoms with E-state index in [1.165, 1.54) is 11.8 Å². The van der Waals surface area contributed by atoms with E-state index in [-0.39, 0.29) is 25.0 Å². The van der Waals surface area contributed by atoms with Gasteiger partial charge in [-0.05, 0) is 35.1 Å². The van der Waals surface area contributed by atoms with Crippen molar-refractivity contribution >= 4 is 18.0 Å². The number of amides is 2. The maximum atomic E-state index is 12.6. The molecule has 2 amide bonds. The normalized spacial score (nSPS) is 12.0. The van der Waals surface area contributed by atoms with Crippen LogP contribution in [-0.4, -0.2) is 54.2 Å². The van der Waals surface area contributed by atoms with Crippen molar-refractivity contribution in [3.63, 3.8) is 0 Å². The van der Waals surface area contributed by atoms with Crippen LogP contribution in [0.5, 0.6) is 0 Å². The maximum Gasteiger partial charge on any atom is 0.410 e. The van der Waals surface area contributed by atoms with E-state index < -0.39 is 18.6 Å². The lowest BCUT2D eigenvalue weighted by Gasteiger charge is -2.22. The molecule has 30 heavy (non-hydrogen) atoms. The van der Waals surface area contributed by atoms with Crippen LogP contribution in [0.25, 0.3) is 11.1 Å². The number of fused-ring (bicyclic) bond motifs is 3. The van der Waals surface area contributed by atoms with Crippen LogP contribution >= 0.6 is 0 Å². The van der Waals surface area contributed by atoms with Gasteiger partial charge in [-0.2, -0.15) is 0 Å². The van der Waals surface area contributed by atoms with Gasteiger partial charge in [0.1, 0.15) is 13.2 Å². The van der Waals surface area contributed by atoms with E-state index in [4.69, 9.17) is 9.84 Å². The summed E-state index contributed by atoms with van der Waals surface area (Å²) < 4.78 is 5.55. The third-order valence-corrected chi connectivity index (χ3v) is 5.15. The largest absolute Gasteiger partial charge is 0.480 e. The van der Waals surface area contributed by atoms with E-state index in [1.807, 2.05) is 36.4 Å². The topological polar surface area (TPSA) is 95.9 Å². The molecule has 1 aliphatic carbocycles. The Bertz CT molecular complexity index is 882. The van der Waals surface area contributed by atoms with Gasteiger partial charge in [-0.25, -0.2) is 4.79 Å². The summed E-state index contributed by atoms with van der Waals surface area (Å²) >= 11 is 0. The Labute approximate surface area is 175 Å². The average Bonchev–Trinajstić information content (AvgIpc) is 3.04. The molecule has 0 aromatic heterocycles. The second-order valence-corrected chi connectivity index (χ2v) is 7.31. The zero-order chi connectivity index (χ0) is 21.5. The predicted octanol–water partition coefficient (Wildman–Crippen LogP) is 3.24. The van der Waals surface area contributed by atoms with E-state index >= 15 is 0 Å². The van der Waals surface area contributed by atoms with Crippen LogP contribution in [0, 0.1) is 0 Å². The second-order valence-electron chi connectivity index (χ2n) is 7.31. The molecule has 1 aliphatic rings. The van der Waals surface area contributed by atoms with Crippen LogP contribution in [0.4, 0.5) is 4.79 Å². The van der Waals surface area contributed by atoms with E-state index in [0.717, 1.165) is 22.3 Å². The van der Waals surface area contributed by atoms with Crippen LogP contribution in [0.3, 0.4) is 0 Å². The van der Waals surface area contributed by atoms with Crippen LogP contribution in [-0.2, 0) is 14.3 Å². The van der Waals surface area contributed by atoms with Gasteiger partial charge in [0.05, 0.1) is 0 Å². The fourth-order valence-corrected chi connectivity index (χ4v) is 3.78. The average molecular weight is 410 g/mol. The SMILES string of the molecule is CC(=O)NCCCCN(CC(=O)O)C(=O)OCC1c2ccccc2-c2ccccc21. The lowest BCUT2D eigenvalue weighted by Crippen LogP contribution is -2.37. The summed E-state index contributed by atoms with van der Waals surface area (Å²) in [6.07, 6.45) is 0.572. The Morgan fingerprint density at radius 1 is 1.00 bits per heavy atom. The first kappa shape index (κ1) is 21.4. The van der Waals surface area contributed by atoms with Crippen LogP contribution < -0.4 is 5.32 Å². The fraction of sp³-hybridized carbons (Fsp3) is 0.348. The number of carbonyl (C=O) groups excluding carboxylic acids is 2. The minimum atomic E-state index is -1.09. The lowest BCUT2D eigenvalue weighted by atomic mass is 9.98. The number of benzene rings is 2. The van der Waals surface area contributed by atoms with Gasteiger partial charge in [0, 0.05) is 25.9 Å². The van der Waals surface area contributed by atoms with Crippen molar-refractivity contribution in [2.24, 2.45) is 0 Å². The van der Waals surface area contributed by atoms with Crippen molar-refractivity contribution in [1.82, 2.24) is 10.2 Å². The highest BCUT2D eigenvalue weighted by atomic mass is 16.6. The highest BCUT2D eigenvalue weighted by molar-refractivity contribution is 5.79. The minimum Gasteiger partial charge on any atom is -0.480 e. The van der Waals surface area contributed by atoms with Crippen molar-refractivity contribution in [1.29, 1.82) is 0 Å². The number of rotatable bonds is 9. The smallest absolute Gasteiger partial charge is 0.410 e. The minimum absolute atomic E-state index is 0.0761. The molecule has 2 N–H and O–H groups in total. The lowest BCUT2D eigenvalue weighted by molar-refractivity contribution is -0.138. The molecule has 0 radical (unpaired) electrons. The van der Waals surface area contributed by atoms with E-state index in [1.54, 1.807) is 0 Å². The standard InChI is InChI=1S/C23H26N2O5/c1-16(26)24-12-6-7-13-25(14-22(27)28)23(29)30-15-21-19-10-4-2-8-17(19)18-9-3-5-11-20(18)21/h2-5,8-11,21H,6-7,12-15H2,1H3,(H,24,26)(H,27,28). The fourth-order valence-electron chi connectivity index (χ4n) is 3.78. The summed E-state index contributed by atoms with van der Waals surface area (Å²) in [5.41, 5.74) is 4.47. The number of nitrogens with zero attached hydrogens (tertiary/aromatic N) is 1. The molecule has 0 unspecified atom stereocenters. The molecular weight excluding hydrogens is 384 g/mol. The van der Waals surface area contributed by atoms with Crippen molar-refractivity contribution in [2.45, 2.75) is 25.7 Å².